The minimum absolute atomic E-state index is 0.0160. The Morgan fingerprint density at radius 1 is 0.923 bits per heavy atom. The minimum atomic E-state index is -0.0160. The van der Waals surface area contributed by atoms with E-state index in [9.17, 15) is 5.11 Å². The van der Waals surface area contributed by atoms with Crippen molar-refractivity contribution in [3.8, 4) is 0 Å². The van der Waals surface area contributed by atoms with Crippen LogP contribution in [0.2, 0.25) is 0 Å². The number of aliphatic hydroxyl groups is 1. The van der Waals surface area contributed by atoms with Crippen molar-refractivity contribution in [3.05, 3.63) is 0 Å². The van der Waals surface area contributed by atoms with Gasteiger partial charge in [0.15, 0.2) is 0 Å². The van der Waals surface area contributed by atoms with Crippen LogP contribution in [-0.4, -0.2) is 11.2 Å². The molecule has 0 bridgehead atoms. The number of rotatable bonds is 3. The Labute approximate surface area is 82.5 Å². The Morgan fingerprint density at radius 2 is 1.54 bits per heavy atom. The predicted octanol–water partition coefficient (Wildman–Crippen LogP) is 3.22. The van der Waals surface area contributed by atoms with Gasteiger partial charge in [-0.15, -0.1) is 0 Å². The fraction of sp³-hybridized carbons (Fsp3) is 1.00. The molecule has 0 aromatic rings. The van der Waals surface area contributed by atoms with Crippen molar-refractivity contribution in [2.24, 2.45) is 17.8 Å². The van der Waals surface area contributed by atoms with Crippen LogP contribution >= 0.6 is 0 Å². The van der Waals surface area contributed by atoms with E-state index in [2.05, 4.69) is 20.8 Å². The van der Waals surface area contributed by atoms with Crippen LogP contribution in [0.25, 0.3) is 0 Å². The van der Waals surface area contributed by atoms with Gasteiger partial charge in [0, 0.05) is 0 Å². The first-order valence-corrected chi connectivity index (χ1v) is 5.92. The van der Waals surface area contributed by atoms with Gasteiger partial charge >= 0.3 is 0 Å². The highest BCUT2D eigenvalue weighted by atomic mass is 16.3. The van der Waals surface area contributed by atoms with Crippen molar-refractivity contribution >= 4 is 0 Å². The van der Waals surface area contributed by atoms with E-state index in [1.165, 1.54) is 19.3 Å². The zero-order valence-electron chi connectivity index (χ0n) is 9.29. The van der Waals surface area contributed by atoms with Crippen molar-refractivity contribution < 1.29 is 5.11 Å². The summed E-state index contributed by atoms with van der Waals surface area (Å²) in [5.41, 5.74) is 0. The molecule has 1 aliphatic carbocycles. The molecule has 1 saturated carbocycles. The highest BCUT2D eigenvalue weighted by molar-refractivity contribution is 4.85. The zero-order valence-corrected chi connectivity index (χ0v) is 9.29. The van der Waals surface area contributed by atoms with Crippen LogP contribution in [0, 0.1) is 17.8 Å². The second kappa shape index (κ2) is 4.99. The average molecular weight is 184 g/mol. The highest BCUT2D eigenvalue weighted by Gasteiger charge is 2.35. The molecular weight excluding hydrogens is 160 g/mol. The Morgan fingerprint density at radius 3 is 2.00 bits per heavy atom. The lowest BCUT2D eigenvalue weighted by molar-refractivity contribution is -0.00275. The molecule has 0 spiro atoms. The lowest BCUT2D eigenvalue weighted by Gasteiger charge is -2.40. The van der Waals surface area contributed by atoms with Crippen LogP contribution in [0.1, 0.15) is 52.9 Å². The lowest BCUT2D eigenvalue weighted by Crippen LogP contribution is -2.37. The maximum absolute atomic E-state index is 9.88. The molecule has 1 N–H and O–H groups in total. The molecule has 1 rings (SSSR count). The van der Waals surface area contributed by atoms with Gasteiger partial charge in [0.2, 0.25) is 0 Å². The molecule has 0 aromatic carbocycles. The molecule has 1 aliphatic rings. The normalized spacial score (nSPS) is 40.6. The third-order valence-corrected chi connectivity index (χ3v) is 3.95. The van der Waals surface area contributed by atoms with E-state index in [4.69, 9.17) is 0 Å². The third-order valence-electron chi connectivity index (χ3n) is 3.95. The van der Waals surface area contributed by atoms with Crippen molar-refractivity contribution in [2.75, 3.05) is 0 Å². The van der Waals surface area contributed by atoms with Crippen molar-refractivity contribution in [1.29, 1.82) is 0 Å². The molecule has 13 heavy (non-hydrogen) atoms. The van der Waals surface area contributed by atoms with E-state index < -0.39 is 0 Å². The molecule has 1 fully saturated rings. The number of hydrogen-bond acceptors (Lipinski definition) is 1. The van der Waals surface area contributed by atoms with Gasteiger partial charge in [0.05, 0.1) is 6.10 Å². The zero-order chi connectivity index (χ0) is 9.84. The van der Waals surface area contributed by atoms with Gasteiger partial charge in [-0.25, -0.2) is 0 Å². The standard InChI is InChI=1S/C12H24O/c1-4-9-7-8-12(13)11(6-3)10(9)5-2/h9-13H,4-8H2,1-3H3. The van der Waals surface area contributed by atoms with E-state index in [-0.39, 0.29) is 6.10 Å². The first-order chi connectivity index (χ1) is 6.24. The van der Waals surface area contributed by atoms with Crippen LogP contribution < -0.4 is 0 Å². The molecule has 78 valence electrons. The van der Waals surface area contributed by atoms with Gasteiger partial charge in [-0.1, -0.05) is 40.0 Å². The van der Waals surface area contributed by atoms with Gasteiger partial charge < -0.3 is 5.11 Å². The summed E-state index contributed by atoms with van der Waals surface area (Å²) >= 11 is 0. The van der Waals surface area contributed by atoms with E-state index >= 15 is 0 Å². The Balaban J connectivity index is 2.64. The SMILES string of the molecule is CCC1CCC(O)C(CC)C1CC. The second-order valence-corrected chi connectivity index (χ2v) is 4.46. The molecule has 0 amide bonds. The van der Waals surface area contributed by atoms with Gasteiger partial charge in [0.1, 0.15) is 0 Å². The first-order valence-electron chi connectivity index (χ1n) is 5.92. The smallest absolute Gasteiger partial charge is 0.0571 e. The molecule has 1 heteroatoms. The van der Waals surface area contributed by atoms with Gasteiger partial charge in [-0.05, 0) is 30.6 Å². The monoisotopic (exact) mass is 184 g/mol. The Hall–Kier alpha value is -0.0400. The average Bonchev–Trinajstić information content (AvgIpc) is 2.17. The quantitative estimate of drug-likeness (QED) is 0.714. The number of hydrogen-bond donors (Lipinski definition) is 1. The van der Waals surface area contributed by atoms with Gasteiger partial charge in [-0.3, -0.25) is 0 Å². The third kappa shape index (κ3) is 2.25. The predicted molar refractivity (Wildman–Crippen MR) is 56.6 cm³/mol. The molecule has 0 aliphatic heterocycles. The van der Waals surface area contributed by atoms with E-state index in [1.807, 2.05) is 0 Å². The van der Waals surface area contributed by atoms with Gasteiger partial charge in [0.25, 0.3) is 0 Å². The molecule has 4 unspecified atom stereocenters. The molecule has 4 atom stereocenters. The molecular formula is C12H24O. The van der Waals surface area contributed by atoms with Crippen molar-refractivity contribution in [3.63, 3.8) is 0 Å². The first kappa shape index (κ1) is 11.0. The van der Waals surface area contributed by atoms with Crippen molar-refractivity contribution in [2.45, 2.75) is 59.0 Å². The molecule has 0 saturated heterocycles. The summed E-state index contributed by atoms with van der Waals surface area (Å²) in [5.74, 6) is 2.22. The van der Waals surface area contributed by atoms with Crippen LogP contribution in [0.4, 0.5) is 0 Å². The second-order valence-electron chi connectivity index (χ2n) is 4.46. The van der Waals surface area contributed by atoms with E-state index in [0.717, 1.165) is 24.7 Å². The Kier molecular flexibility index (Phi) is 4.24. The Bertz CT molecular complexity index is 144. The van der Waals surface area contributed by atoms with Crippen LogP contribution in [-0.2, 0) is 0 Å². The summed E-state index contributed by atoms with van der Waals surface area (Å²) in [4.78, 5) is 0. The summed E-state index contributed by atoms with van der Waals surface area (Å²) in [5, 5.41) is 9.88. The summed E-state index contributed by atoms with van der Waals surface area (Å²) in [6, 6.07) is 0. The lowest BCUT2D eigenvalue weighted by atomic mass is 9.67. The van der Waals surface area contributed by atoms with E-state index in [1.54, 1.807) is 0 Å². The topological polar surface area (TPSA) is 20.2 Å². The van der Waals surface area contributed by atoms with Gasteiger partial charge in [-0.2, -0.15) is 0 Å². The van der Waals surface area contributed by atoms with E-state index in [0.29, 0.717) is 5.92 Å². The minimum Gasteiger partial charge on any atom is -0.393 e. The highest BCUT2D eigenvalue weighted by Crippen LogP contribution is 2.40. The molecule has 0 aromatic heterocycles. The summed E-state index contributed by atoms with van der Waals surface area (Å²) in [6.45, 7) is 6.78. The fourth-order valence-electron chi connectivity index (χ4n) is 3.17. The molecule has 0 radical (unpaired) electrons. The summed E-state index contributed by atoms with van der Waals surface area (Å²) in [7, 11) is 0. The molecule has 1 nitrogen and oxygen atoms in total. The largest absolute Gasteiger partial charge is 0.393 e. The summed E-state index contributed by atoms with van der Waals surface area (Å²) in [6.07, 6.45) is 5.95. The van der Waals surface area contributed by atoms with Crippen molar-refractivity contribution in [1.82, 2.24) is 0 Å². The maximum Gasteiger partial charge on any atom is 0.0571 e. The van der Waals surface area contributed by atoms with Crippen LogP contribution in [0.3, 0.4) is 0 Å². The number of aliphatic hydroxyl groups excluding tert-OH is 1. The van der Waals surface area contributed by atoms with Crippen LogP contribution in [0.15, 0.2) is 0 Å². The maximum atomic E-state index is 9.88. The summed E-state index contributed by atoms with van der Waals surface area (Å²) < 4.78 is 0. The molecule has 0 heterocycles. The van der Waals surface area contributed by atoms with Crippen LogP contribution in [0.5, 0.6) is 0 Å². The fourth-order valence-corrected chi connectivity index (χ4v) is 3.17.